The number of carbonyl (C=O) groups excluding carboxylic acids is 2. The SMILES string of the molecule is CNC(=O)c1cc(NC(=O)c2ccc3c(c2)c(I)nn3C)ccc1C. The number of hydrogen-bond acceptors (Lipinski definition) is 3. The monoisotopic (exact) mass is 448 g/mol. The molecule has 0 bridgehead atoms. The van der Waals surface area contributed by atoms with Crippen LogP contribution >= 0.6 is 22.6 Å². The molecule has 1 aromatic heterocycles. The summed E-state index contributed by atoms with van der Waals surface area (Å²) in [6, 6.07) is 10.7. The number of fused-ring (bicyclic) bond motifs is 1. The lowest BCUT2D eigenvalue weighted by atomic mass is 10.1. The van der Waals surface area contributed by atoms with Crippen LogP contribution in [0.15, 0.2) is 36.4 Å². The first-order chi connectivity index (χ1) is 11.9. The average molecular weight is 448 g/mol. The second-order valence-electron chi connectivity index (χ2n) is 5.71. The highest BCUT2D eigenvalue weighted by Gasteiger charge is 2.13. The molecule has 3 rings (SSSR count). The average Bonchev–Trinajstić information content (AvgIpc) is 2.89. The molecule has 0 atom stereocenters. The Bertz CT molecular complexity index is 994. The van der Waals surface area contributed by atoms with Crippen molar-refractivity contribution in [3.05, 3.63) is 56.8 Å². The predicted octanol–water partition coefficient (Wildman–Crippen LogP) is 3.10. The zero-order valence-electron chi connectivity index (χ0n) is 14.1. The molecule has 0 fully saturated rings. The van der Waals surface area contributed by atoms with Gasteiger partial charge >= 0.3 is 0 Å². The van der Waals surface area contributed by atoms with Gasteiger partial charge in [-0.1, -0.05) is 6.07 Å². The van der Waals surface area contributed by atoms with Crippen LogP contribution in [0.5, 0.6) is 0 Å². The molecule has 0 saturated carbocycles. The van der Waals surface area contributed by atoms with E-state index in [0.29, 0.717) is 16.8 Å². The van der Waals surface area contributed by atoms with Crippen LogP contribution in [0.3, 0.4) is 0 Å². The van der Waals surface area contributed by atoms with Crippen molar-refractivity contribution < 1.29 is 9.59 Å². The van der Waals surface area contributed by atoms with Crippen molar-refractivity contribution in [1.29, 1.82) is 0 Å². The fourth-order valence-corrected chi connectivity index (χ4v) is 3.40. The lowest BCUT2D eigenvalue weighted by Crippen LogP contribution is -2.19. The number of anilines is 1. The summed E-state index contributed by atoms with van der Waals surface area (Å²) in [6.07, 6.45) is 0. The summed E-state index contributed by atoms with van der Waals surface area (Å²) in [7, 11) is 3.45. The van der Waals surface area contributed by atoms with E-state index in [-0.39, 0.29) is 11.8 Å². The maximum Gasteiger partial charge on any atom is 0.255 e. The van der Waals surface area contributed by atoms with Crippen molar-refractivity contribution in [2.24, 2.45) is 7.05 Å². The highest BCUT2D eigenvalue weighted by atomic mass is 127. The molecule has 6 nitrogen and oxygen atoms in total. The minimum absolute atomic E-state index is 0.181. The molecule has 2 N–H and O–H groups in total. The van der Waals surface area contributed by atoms with Crippen molar-refractivity contribution in [3.8, 4) is 0 Å². The lowest BCUT2D eigenvalue weighted by Gasteiger charge is -2.09. The van der Waals surface area contributed by atoms with Gasteiger partial charge in [-0.3, -0.25) is 14.3 Å². The molecular formula is C18H17IN4O2. The van der Waals surface area contributed by atoms with Gasteiger partial charge in [0.1, 0.15) is 3.70 Å². The number of nitrogens with zero attached hydrogens (tertiary/aromatic N) is 2. The largest absolute Gasteiger partial charge is 0.355 e. The van der Waals surface area contributed by atoms with Crippen LogP contribution in [-0.4, -0.2) is 28.6 Å². The second kappa shape index (κ2) is 6.83. The third-order valence-electron chi connectivity index (χ3n) is 4.03. The Kier molecular flexibility index (Phi) is 4.76. The van der Waals surface area contributed by atoms with E-state index in [4.69, 9.17) is 0 Å². The highest BCUT2D eigenvalue weighted by molar-refractivity contribution is 14.1. The van der Waals surface area contributed by atoms with E-state index in [0.717, 1.165) is 20.2 Å². The molecule has 0 radical (unpaired) electrons. The number of nitrogens with one attached hydrogen (secondary N) is 2. The molecule has 7 heteroatoms. The lowest BCUT2D eigenvalue weighted by molar-refractivity contribution is 0.0961. The summed E-state index contributed by atoms with van der Waals surface area (Å²) < 4.78 is 2.64. The minimum Gasteiger partial charge on any atom is -0.355 e. The highest BCUT2D eigenvalue weighted by Crippen LogP contribution is 2.22. The number of amides is 2. The van der Waals surface area contributed by atoms with Gasteiger partial charge in [-0.2, -0.15) is 5.10 Å². The molecule has 0 aliphatic heterocycles. The van der Waals surface area contributed by atoms with Gasteiger partial charge in [0.2, 0.25) is 0 Å². The summed E-state index contributed by atoms with van der Waals surface area (Å²) in [5, 5.41) is 10.7. The minimum atomic E-state index is -0.228. The Balaban J connectivity index is 1.90. The van der Waals surface area contributed by atoms with E-state index < -0.39 is 0 Å². The molecule has 1 heterocycles. The number of rotatable bonds is 3. The summed E-state index contributed by atoms with van der Waals surface area (Å²) in [4.78, 5) is 24.5. The Morgan fingerprint density at radius 1 is 1.12 bits per heavy atom. The molecule has 0 unspecified atom stereocenters. The molecule has 128 valence electrons. The molecule has 25 heavy (non-hydrogen) atoms. The summed E-state index contributed by atoms with van der Waals surface area (Å²) in [5.41, 5.74) is 3.48. The maximum absolute atomic E-state index is 12.6. The standard InChI is InChI=1S/C18H17IN4O2/c1-10-4-6-12(9-13(10)18(25)20-2)21-17(24)11-5-7-15-14(8-11)16(19)22-23(15)3/h4-9H,1-3H3,(H,20,25)(H,21,24). The van der Waals surface area contributed by atoms with Gasteiger partial charge in [-0.25, -0.2) is 0 Å². The predicted molar refractivity (Wildman–Crippen MR) is 106 cm³/mol. The van der Waals surface area contributed by atoms with Crippen molar-refractivity contribution in [1.82, 2.24) is 15.1 Å². The van der Waals surface area contributed by atoms with E-state index in [1.54, 1.807) is 29.9 Å². The molecule has 0 aliphatic rings. The van der Waals surface area contributed by atoms with E-state index in [1.807, 2.05) is 32.2 Å². The fourth-order valence-electron chi connectivity index (χ4n) is 2.65. The second-order valence-corrected chi connectivity index (χ2v) is 6.73. The molecule has 0 aliphatic carbocycles. The Labute approximate surface area is 158 Å². The zero-order chi connectivity index (χ0) is 18.1. The third-order valence-corrected chi connectivity index (χ3v) is 4.83. The Morgan fingerprint density at radius 2 is 1.88 bits per heavy atom. The van der Waals surface area contributed by atoms with Crippen LogP contribution in [0.25, 0.3) is 10.9 Å². The van der Waals surface area contributed by atoms with E-state index in [1.165, 1.54) is 0 Å². The van der Waals surface area contributed by atoms with Crippen LogP contribution in [0.1, 0.15) is 26.3 Å². The first-order valence-corrected chi connectivity index (χ1v) is 8.75. The molecular weight excluding hydrogens is 431 g/mol. The van der Waals surface area contributed by atoms with Gasteiger partial charge in [0.25, 0.3) is 11.8 Å². The summed E-state index contributed by atoms with van der Waals surface area (Å²) >= 11 is 2.15. The topological polar surface area (TPSA) is 76.0 Å². The number of halogens is 1. The smallest absolute Gasteiger partial charge is 0.255 e. The van der Waals surface area contributed by atoms with Gasteiger partial charge in [0.15, 0.2) is 0 Å². The fraction of sp³-hybridized carbons (Fsp3) is 0.167. The maximum atomic E-state index is 12.6. The molecule has 0 saturated heterocycles. The van der Waals surface area contributed by atoms with E-state index >= 15 is 0 Å². The Morgan fingerprint density at radius 3 is 2.60 bits per heavy atom. The summed E-state index contributed by atoms with van der Waals surface area (Å²) in [5.74, 6) is -0.409. The van der Waals surface area contributed by atoms with Crippen molar-refractivity contribution in [3.63, 3.8) is 0 Å². The first kappa shape index (κ1) is 17.4. The number of aryl methyl sites for hydroxylation is 2. The molecule has 2 amide bonds. The Hall–Kier alpha value is -2.42. The van der Waals surface area contributed by atoms with Crippen LogP contribution in [-0.2, 0) is 7.05 Å². The molecule has 0 spiro atoms. The van der Waals surface area contributed by atoms with Gasteiger partial charge in [-0.05, 0) is 65.4 Å². The third kappa shape index (κ3) is 3.37. The first-order valence-electron chi connectivity index (χ1n) is 7.67. The van der Waals surface area contributed by atoms with Crippen molar-refractivity contribution in [2.75, 3.05) is 12.4 Å². The normalized spacial score (nSPS) is 10.7. The van der Waals surface area contributed by atoms with Crippen LogP contribution in [0, 0.1) is 10.6 Å². The van der Waals surface area contributed by atoms with E-state index in [2.05, 4.69) is 38.3 Å². The van der Waals surface area contributed by atoms with Crippen LogP contribution in [0.4, 0.5) is 5.69 Å². The van der Waals surface area contributed by atoms with E-state index in [9.17, 15) is 9.59 Å². The van der Waals surface area contributed by atoms with Crippen LogP contribution in [0.2, 0.25) is 0 Å². The molecule has 3 aromatic rings. The number of benzene rings is 2. The van der Waals surface area contributed by atoms with Crippen molar-refractivity contribution in [2.45, 2.75) is 6.92 Å². The van der Waals surface area contributed by atoms with Gasteiger partial charge < -0.3 is 10.6 Å². The van der Waals surface area contributed by atoms with Crippen LogP contribution < -0.4 is 10.6 Å². The van der Waals surface area contributed by atoms with Gasteiger partial charge in [-0.15, -0.1) is 0 Å². The number of aromatic nitrogens is 2. The molecule has 2 aromatic carbocycles. The van der Waals surface area contributed by atoms with Crippen molar-refractivity contribution >= 4 is 51.0 Å². The quantitative estimate of drug-likeness (QED) is 0.605. The summed E-state index contributed by atoms with van der Waals surface area (Å²) in [6.45, 7) is 1.86. The zero-order valence-corrected chi connectivity index (χ0v) is 16.2. The number of carbonyl (C=O) groups is 2. The van der Waals surface area contributed by atoms with Gasteiger partial charge in [0, 0.05) is 36.3 Å². The number of hydrogen-bond donors (Lipinski definition) is 2. The van der Waals surface area contributed by atoms with Gasteiger partial charge in [0.05, 0.1) is 5.52 Å².